The van der Waals surface area contributed by atoms with Gasteiger partial charge in [0.2, 0.25) is 5.91 Å². The van der Waals surface area contributed by atoms with Crippen LogP contribution in [0.1, 0.15) is 51.4 Å². The van der Waals surface area contributed by atoms with E-state index < -0.39 is 0 Å². The van der Waals surface area contributed by atoms with Gasteiger partial charge in [0.05, 0.1) is 0 Å². The van der Waals surface area contributed by atoms with Gasteiger partial charge in [-0.15, -0.1) is 0 Å². The molecule has 0 radical (unpaired) electrons. The average Bonchev–Trinajstić information content (AvgIpc) is 3.19. The van der Waals surface area contributed by atoms with Gasteiger partial charge in [-0.2, -0.15) is 0 Å². The van der Waals surface area contributed by atoms with Gasteiger partial charge in [-0.25, -0.2) is 0 Å². The Morgan fingerprint density at radius 1 is 0.952 bits per heavy atom. The van der Waals surface area contributed by atoms with Crippen molar-refractivity contribution >= 4 is 5.91 Å². The van der Waals surface area contributed by atoms with Crippen LogP contribution in [0.25, 0.3) is 0 Å². The summed E-state index contributed by atoms with van der Waals surface area (Å²) >= 11 is 0. The SMILES string of the molecule is CNC(=O)C[C@@H]1CCN(C2CCN(C3CCCC3)CC2)C1. The summed E-state index contributed by atoms with van der Waals surface area (Å²) in [5, 5.41) is 2.76. The highest BCUT2D eigenvalue weighted by Crippen LogP contribution is 2.30. The van der Waals surface area contributed by atoms with E-state index in [1.54, 1.807) is 7.05 Å². The third-order valence-corrected chi connectivity index (χ3v) is 5.93. The molecule has 1 aliphatic carbocycles. The van der Waals surface area contributed by atoms with Crippen molar-refractivity contribution in [3.63, 3.8) is 0 Å². The van der Waals surface area contributed by atoms with Gasteiger partial charge >= 0.3 is 0 Å². The van der Waals surface area contributed by atoms with Crippen molar-refractivity contribution in [3.8, 4) is 0 Å². The molecular weight excluding hydrogens is 262 g/mol. The van der Waals surface area contributed by atoms with Crippen LogP contribution in [-0.4, -0.2) is 61.0 Å². The zero-order valence-electron chi connectivity index (χ0n) is 13.5. The predicted molar refractivity (Wildman–Crippen MR) is 85.2 cm³/mol. The third-order valence-electron chi connectivity index (χ3n) is 5.93. The smallest absolute Gasteiger partial charge is 0.220 e. The van der Waals surface area contributed by atoms with Crippen molar-refractivity contribution < 1.29 is 4.79 Å². The summed E-state index contributed by atoms with van der Waals surface area (Å²) in [6.07, 6.45) is 10.3. The van der Waals surface area contributed by atoms with Crippen LogP contribution in [0, 0.1) is 5.92 Å². The van der Waals surface area contributed by atoms with E-state index in [2.05, 4.69) is 15.1 Å². The molecule has 3 fully saturated rings. The average molecular weight is 293 g/mol. The quantitative estimate of drug-likeness (QED) is 0.859. The van der Waals surface area contributed by atoms with Gasteiger partial charge in [-0.1, -0.05) is 12.8 Å². The van der Waals surface area contributed by atoms with E-state index in [1.165, 1.54) is 64.6 Å². The third kappa shape index (κ3) is 3.78. The summed E-state index contributed by atoms with van der Waals surface area (Å²) < 4.78 is 0. The number of nitrogens with one attached hydrogen (secondary N) is 1. The summed E-state index contributed by atoms with van der Waals surface area (Å²) in [6.45, 7) is 4.94. The Kier molecular flexibility index (Phi) is 5.17. The van der Waals surface area contributed by atoms with Gasteiger partial charge in [0.1, 0.15) is 0 Å². The molecular formula is C17H31N3O. The number of amides is 1. The highest BCUT2D eigenvalue weighted by molar-refractivity contribution is 5.75. The number of nitrogens with zero attached hydrogens (tertiary/aromatic N) is 2. The zero-order valence-corrected chi connectivity index (χ0v) is 13.5. The van der Waals surface area contributed by atoms with E-state index >= 15 is 0 Å². The van der Waals surface area contributed by atoms with E-state index in [0.29, 0.717) is 12.3 Å². The molecule has 0 bridgehead atoms. The van der Waals surface area contributed by atoms with Gasteiger partial charge in [0, 0.05) is 32.1 Å². The Bertz CT molecular complexity index is 346. The molecule has 2 aliphatic heterocycles. The molecule has 1 atom stereocenters. The second kappa shape index (κ2) is 7.10. The van der Waals surface area contributed by atoms with Crippen molar-refractivity contribution in [2.24, 2.45) is 5.92 Å². The lowest BCUT2D eigenvalue weighted by molar-refractivity contribution is -0.121. The minimum atomic E-state index is 0.206. The number of likely N-dealkylation sites (tertiary alicyclic amines) is 2. The largest absolute Gasteiger partial charge is 0.359 e. The lowest BCUT2D eigenvalue weighted by Crippen LogP contribution is -2.47. The van der Waals surface area contributed by atoms with E-state index in [1.807, 2.05) is 0 Å². The summed E-state index contributed by atoms with van der Waals surface area (Å²) in [4.78, 5) is 16.9. The number of hydrogen-bond acceptors (Lipinski definition) is 3. The van der Waals surface area contributed by atoms with Gasteiger partial charge in [-0.3, -0.25) is 9.69 Å². The molecule has 1 N–H and O–H groups in total. The zero-order chi connectivity index (χ0) is 14.7. The fourth-order valence-electron chi connectivity index (χ4n) is 4.61. The molecule has 2 saturated heterocycles. The lowest BCUT2D eigenvalue weighted by atomic mass is 10.0. The fourth-order valence-corrected chi connectivity index (χ4v) is 4.61. The lowest BCUT2D eigenvalue weighted by Gasteiger charge is -2.39. The maximum atomic E-state index is 11.5. The Morgan fingerprint density at radius 3 is 2.24 bits per heavy atom. The molecule has 0 spiro atoms. The van der Waals surface area contributed by atoms with Crippen LogP contribution in [0.4, 0.5) is 0 Å². The van der Waals surface area contributed by atoms with Crippen LogP contribution < -0.4 is 5.32 Å². The molecule has 2 heterocycles. The second-order valence-corrected chi connectivity index (χ2v) is 7.23. The van der Waals surface area contributed by atoms with Gasteiger partial charge in [0.15, 0.2) is 0 Å². The molecule has 0 aromatic carbocycles. The minimum Gasteiger partial charge on any atom is -0.359 e. The molecule has 0 unspecified atom stereocenters. The van der Waals surface area contributed by atoms with Gasteiger partial charge in [-0.05, 0) is 57.7 Å². The van der Waals surface area contributed by atoms with Crippen molar-refractivity contribution in [3.05, 3.63) is 0 Å². The van der Waals surface area contributed by atoms with Crippen LogP contribution in [-0.2, 0) is 4.79 Å². The standard InChI is InChI=1S/C17H31N3O/c1-18-17(21)12-14-6-9-20(13-14)16-7-10-19(11-8-16)15-4-2-3-5-15/h14-16H,2-13H2,1H3,(H,18,21)/t14-/m0/s1. The molecule has 21 heavy (non-hydrogen) atoms. The first-order chi connectivity index (χ1) is 10.3. The molecule has 4 nitrogen and oxygen atoms in total. The van der Waals surface area contributed by atoms with Crippen LogP contribution in [0.3, 0.4) is 0 Å². The van der Waals surface area contributed by atoms with E-state index in [9.17, 15) is 4.79 Å². The van der Waals surface area contributed by atoms with Crippen molar-refractivity contribution in [1.82, 2.24) is 15.1 Å². The Labute approximate surface area is 129 Å². The Balaban J connectivity index is 1.41. The van der Waals surface area contributed by atoms with Crippen LogP contribution in [0.5, 0.6) is 0 Å². The summed E-state index contributed by atoms with van der Waals surface area (Å²) in [5.41, 5.74) is 0. The maximum Gasteiger partial charge on any atom is 0.220 e. The minimum absolute atomic E-state index is 0.206. The Morgan fingerprint density at radius 2 is 1.57 bits per heavy atom. The highest BCUT2D eigenvalue weighted by Gasteiger charge is 2.33. The van der Waals surface area contributed by atoms with Crippen molar-refractivity contribution in [2.75, 3.05) is 33.2 Å². The molecule has 1 saturated carbocycles. The van der Waals surface area contributed by atoms with Crippen LogP contribution >= 0.6 is 0 Å². The number of hydrogen-bond donors (Lipinski definition) is 1. The summed E-state index contributed by atoms with van der Waals surface area (Å²) in [7, 11) is 1.74. The monoisotopic (exact) mass is 293 g/mol. The second-order valence-electron chi connectivity index (χ2n) is 7.23. The first kappa shape index (κ1) is 15.3. The van der Waals surface area contributed by atoms with Crippen LogP contribution in [0.2, 0.25) is 0 Å². The molecule has 3 aliphatic rings. The van der Waals surface area contributed by atoms with E-state index in [-0.39, 0.29) is 5.91 Å². The molecule has 1 amide bonds. The van der Waals surface area contributed by atoms with E-state index in [4.69, 9.17) is 0 Å². The predicted octanol–water partition coefficient (Wildman–Crippen LogP) is 1.85. The highest BCUT2D eigenvalue weighted by atomic mass is 16.1. The fraction of sp³-hybridized carbons (Fsp3) is 0.941. The van der Waals surface area contributed by atoms with Crippen molar-refractivity contribution in [1.29, 1.82) is 0 Å². The van der Waals surface area contributed by atoms with Crippen LogP contribution in [0.15, 0.2) is 0 Å². The van der Waals surface area contributed by atoms with Gasteiger partial charge in [0.25, 0.3) is 0 Å². The maximum absolute atomic E-state index is 11.5. The molecule has 4 heteroatoms. The molecule has 120 valence electrons. The Hall–Kier alpha value is -0.610. The first-order valence-corrected chi connectivity index (χ1v) is 8.95. The number of carbonyl (C=O) groups is 1. The van der Waals surface area contributed by atoms with Crippen molar-refractivity contribution in [2.45, 2.75) is 63.5 Å². The first-order valence-electron chi connectivity index (χ1n) is 8.95. The van der Waals surface area contributed by atoms with E-state index in [0.717, 1.165) is 18.6 Å². The topological polar surface area (TPSA) is 35.6 Å². The number of carbonyl (C=O) groups excluding carboxylic acids is 1. The normalized spacial score (nSPS) is 30.0. The number of piperidine rings is 1. The molecule has 0 aromatic rings. The summed E-state index contributed by atoms with van der Waals surface area (Å²) in [6, 6.07) is 1.67. The molecule has 0 aromatic heterocycles. The molecule has 3 rings (SSSR count). The summed E-state index contributed by atoms with van der Waals surface area (Å²) in [5.74, 6) is 0.788. The number of rotatable bonds is 4. The van der Waals surface area contributed by atoms with Gasteiger partial charge < -0.3 is 10.2 Å².